The first-order valence-corrected chi connectivity index (χ1v) is 24.5. The molecule has 4 atom stereocenters. The number of amides is 5. The van der Waals surface area contributed by atoms with Crippen LogP contribution in [-0.4, -0.2) is 155 Å². The third kappa shape index (κ3) is 9.41. The third-order valence-corrected chi connectivity index (χ3v) is 14.9. The Morgan fingerprint density at radius 2 is 1.49 bits per heavy atom. The Bertz CT molecular complexity index is 2590. The van der Waals surface area contributed by atoms with Crippen molar-refractivity contribution in [3.8, 4) is 17.2 Å². The number of nitrogens with two attached hydrogens (primary N) is 1. The van der Waals surface area contributed by atoms with Crippen molar-refractivity contribution in [2.45, 2.75) is 81.6 Å². The van der Waals surface area contributed by atoms with Crippen LogP contribution in [0.3, 0.4) is 0 Å². The first-order valence-electron chi connectivity index (χ1n) is 24.5. The Morgan fingerprint density at radius 1 is 0.786 bits per heavy atom. The van der Waals surface area contributed by atoms with E-state index < -0.39 is 29.8 Å². The summed E-state index contributed by atoms with van der Waals surface area (Å²) in [6, 6.07) is 19.2. The zero-order chi connectivity index (χ0) is 48.5. The number of imide groups is 1. The number of phenolic OH excluding ortho intramolecular Hbond substituents is 1. The van der Waals surface area contributed by atoms with Crippen LogP contribution in [0.4, 0.5) is 5.69 Å². The number of hydrogen-bond donors (Lipinski definition) is 5. The lowest BCUT2D eigenvalue weighted by molar-refractivity contribution is -0.139. The van der Waals surface area contributed by atoms with Crippen molar-refractivity contribution >= 4 is 47.2 Å². The van der Waals surface area contributed by atoms with Gasteiger partial charge in [-0.3, -0.25) is 45.0 Å². The SMILES string of the molecule is NC1=C(N2CC3CCC(C2)N3c2cccc(OCCN3CCN(C(=O)CCC(=O)N4CCC(Oc5cccc6c5C(C=O)N(C5CCC(=O)NC5=O)C6=O)CC4)CC3)c2)C=C(c2ccccc2O)NN1. The number of ether oxygens (including phenoxy) is 2. The number of aldehydes is 1. The van der Waals surface area contributed by atoms with Crippen LogP contribution in [0, 0.1) is 0 Å². The number of phenols is 1. The molecule has 0 aliphatic carbocycles. The lowest BCUT2D eigenvalue weighted by atomic mass is 10.0. The summed E-state index contributed by atoms with van der Waals surface area (Å²) in [5.41, 5.74) is 16.9. The molecular formula is C51H60N10O9. The van der Waals surface area contributed by atoms with E-state index >= 15 is 0 Å². The second-order valence-electron chi connectivity index (χ2n) is 19.1. The van der Waals surface area contributed by atoms with Crippen LogP contribution in [0.2, 0.25) is 0 Å². The fraction of sp³-hybridized carbons (Fsp3) is 0.451. The van der Waals surface area contributed by atoms with Crippen molar-refractivity contribution in [3.05, 3.63) is 101 Å². The van der Waals surface area contributed by atoms with Gasteiger partial charge in [0, 0.05) is 132 Å². The molecule has 2 bridgehead atoms. The second-order valence-corrected chi connectivity index (χ2v) is 19.1. The highest BCUT2D eigenvalue weighted by Gasteiger charge is 2.47. The summed E-state index contributed by atoms with van der Waals surface area (Å²) in [6.45, 7) is 6.40. The highest BCUT2D eigenvalue weighted by atomic mass is 16.5. The maximum absolute atomic E-state index is 13.5. The standard InChI is InChI=1S/C51H60N10O9/c52-49-41(28-39(54-55-49)37-7-1-2-9-43(37)63)59-29-33-11-12-34(30-59)60(33)32-5-3-6-36(27-32)69-26-25-56-21-23-58(24-22-56)47(66)16-15-46(65)57-19-17-35(18-20-57)70-44-10-4-8-38-48(44)42(31-62)61(51(38)68)40-13-14-45(64)53-50(40)67/h1-10,27-28,31,33-35,40,42,54-55,63H,11-26,29-30,52H2,(H,53,64,67). The van der Waals surface area contributed by atoms with E-state index in [1.165, 1.54) is 4.90 Å². The first kappa shape index (κ1) is 46.4. The van der Waals surface area contributed by atoms with Gasteiger partial charge in [0.15, 0.2) is 0 Å². The fourth-order valence-electron chi connectivity index (χ4n) is 11.2. The minimum atomic E-state index is -1.03. The van der Waals surface area contributed by atoms with E-state index in [4.69, 9.17) is 15.2 Å². The normalized spacial score (nSPS) is 23.9. The zero-order valence-electron chi connectivity index (χ0n) is 39.1. The van der Waals surface area contributed by atoms with E-state index in [1.54, 1.807) is 35.2 Å². The molecule has 0 radical (unpaired) electrons. The average molecular weight is 957 g/mol. The van der Waals surface area contributed by atoms with Crippen molar-refractivity contribution in [2.75, 3.05) is 70.4 Å². The fourth-order valence-corrected chi connectivity index (χ4v) is 11.2. The van der Waals surface area contributed by atoms with Gasteiger partial charge in [-0.2, -0.15) is 0 Å². The van der Waals surface area contributed by atoms with E-state index in [0.717, 1.165) is 68.4 Å². The first-order chi connectivity index (χ1) is 34.0. The number of aromatic hydroxyl groups is 1. The molecule has 7 heterocycles. The van der Waals surface area contributed by atoms with E-state index in [-0.39, 0.29) is 54.9 Å². The highest BCUT2D eigenvalue weighted by Crippen LogP contribution is 2.42. The largest absolute Gasteiger partial charge is 0.507 e. The van der Waals surface area contributed by atoms with Crippen LogP contribution in [0.1, 0.15) is 78.9 Å². The summed E-state index contributed by atoms with van der Waals surface area (Å²) in [4.78, 5) is 88.8. The maximum atomic E-state index is 13.5. The predicted octanol–water partition coefficient (Wildman–Crippen LogP) is 2.20. The third-order valence-electron chi connectivity index (χ3n) is 14.9. The number of carbonyl (C=O) groups is 6. The molecule has 10 rings (SSSR count). The molecule has 19 heteroatoms. The number of nitrogens with one attached hydrogen (secondary N) is 3. The lowest BCUT2D eigenvalue weighted by Crippen LogP contribution is -2.54. The monoisotopic (exact) mass is 956 g/mol. The molecule has 5 amide bonds. The topological polar surface area (TPSA) is 223 Å². The zero-order valence-corrected chi connectivity index (χ0v) is 39.1. The molecule has 0 saturated carbocycles. The molecule has 6 N–H and O–H groups in total. The Labute approximate surface area is 406 Å². The van der Waals surface area contributed by atoms with E-state index in [1.807, 2.05) is 29.2 Å². The number of carbonyl (C=O) groups excluding carboxylic acids is 6. The predicted molar refractivity (Wildman–Crippen MR) is 256 cm³/mol. The van der Waals surface area contributed by atoms with Gasteiger partial charge in [0.2, 0.25) is 23.6 Å². The van der Waals surface area contributed by atoms with Crippen LogP contribution in [0.5, 0.6) is 17.2 Å². The van der Waals surface area contributed by atoms with Crippen LogP contribution in [0.15, 0.2) is 84.3 Å². The molecular weight excluding hydrogens is 897 g/mol. The van der Waals surface area contributed by atoms with Gasteiger partial charge in [-0.15, -0.1) is 0 Å². The molecule has 5 saturated heterocycles. The molecule has 3 aromatic carbocycles. The number of piperidine rings is 2. The minimum Gasteiger partial charge on any atom is -0.507 e. The van der Waals surface area contributed by atoms with Gasteiger partial charge < -0.3 is 49.6 Å². The van der Waals surface area contributed by atoms with Gasteiger partial charge in [0.1, 0.15) is 54.2 Å². The number of nitrogens with zero attached hydrogens (tertiary/aromatic N) is 6. The number of allylic oxidation sites excluding steroid dienone is 1. The van der Waals surface area contributed by atoms with Crippen LogP contribution >= 0.6 is 0 Å². The Kier molecular flexibility index (Phi) is 13.3. The average Bonchev–Trinajstić information content (AvgIpc) is 3.81. The maximum Gasteiger partial charge on any atom is 0.255 e. The van der Waals surface area contributed by atoms with Crippen molar-refractivity contribution in [1.29, 1.82) is 0 Å². The molecule has 0 aromatic heterocycles. The lowest BCUT2D eigenvalue weighted by Gasteiger charge is -2.44. The second kappa shape index (κ2) is 20.0. The van der Waals surface area contributed by atoms with Gasteiger partial charge >= 0.3 is 0 Å². The Balaban J connectivity index is 0.639. The van der Waals surface area contributed by atoms with E-state index in [2.05, 4.69) is 49.1 Å². The number of piperazine rings is 2. The summed E-state index contributed by atoms with van der Waals surface area (Å²) in [7, 11) is 0. The number of hydrogen-bond acceptors (Lipinski definition) is 15. The smallest absolute Gasteiger partial charge is 0.255 e. The molecule has 7 aliphatic heterocycles. The van der Waals surface area contributed by atoms with Crippen LogP contribution in [-0.2, 0) is 24.0 Å². The molecule has 70 heavy (non-hydrogen) atoms. The number of anilines is 1. The molecule has 4 unspecified atom stereocenters. The number of likely N-dealkylation sites (tertiary alicyclic amines) is 2. The van der Waals surface area contributed by atoms with Crippen molar-refractivity contribution in [2.24, 2.45) is 5.73 Å². The Hall–Kier alpha value is -7.28. The summed E-state index contributed by atoms with van der Waals surface area (Å²) < 4.78 is 12.7. The van der Waals surface area contributed by atoms with Crippen molar-refractivity contribution in [1.82, 2.24) is 40.7 Å². The van der Waals surface area contributed by atoms with Crippen molar-refractivity contribution in [3.63, 3.8) is 0 Å². The van der Waals surface area contributed by atoms with Crippen molar-refractivity contribution < 1.29 is 43.3 Å². The van der Waals surface area contributed by atoms with E-state index in [9.17, 15) is 33.9 Å². The molecule has 3 aromatic rings. The molecule has 368 valence electrons. The van der Waals surface area contributed by atoms with E-state index in [0.29, 0.717) is 86.7 Å². The number of fused-ring (bicyclic) bond motifs is 3. The molecule has 7 aliphatic rings. The molecule has 0 spiro atoms. The number of rotatable bonds is 14. The van der Waals surface area contributed by atoms with Gasteiger partial charge in [0.05, 0.1) is 11.4 Å². The highest BCUT2D eigenvalue weighted by molar-refractivity contribution is 6.08. The summed E-state index contributed by atoms with van der Waals surface area (Å²) in [6.07, 6.45) is 6.07. The molecule has 5 fully saturated rings. The Morgan fingerprint density at radius 3 is 2.20 bits per heavy atom. The quantitative estimate of drug-likeness (QED) is 0.116. The van der Waals surface area contributed by atoms with Gasteiger partial charge in [0.25, 0.3) is 5.91 Å². The number of para-hydroxylation sites is 1. The van der Waals surface area contributed by atoms with Crippen LogP contribution in [0.25, 0.3) is 5.70 Å². The summed E-state index contributed by atoms with van der Waals surface area (Å²) in [5.74, 6) is 0.380. The van der Waals surface area contributed by atoms with Gasteiger partial charge in [-0.25, -0.2) is 0 Å². The van der Waals surface area contributed by atoms with Gasteiger partial charge in [-0.05, 0) is 61.7 Å². The van der Waals surface area contributed by atoms with Gasteiger partial charge in [-0.1, -0.05) is 24.3 Å². The number of benzene rings is 3. The number of hydrazine groups is 1. The summed E-state index contributed by atoms with van der Waals surface area (Å²) in [5, 5.41) is 12.7. The minimum absolute atomic E-state index is 0.0288. The summed E-state index contributed by atoms with van der Waals surface area (Å²) >= 11 is 0. The molecule has 19 nitrogen and oxygen atoms in total. The van der Waals surface area contributed by atoms with Crippen LogP contribution < -0.4 is 36.3 Å².